The lowest BCUT2D eigenvalue weighted by atomic mass is 10.1. The second kappa shape index (κ2) is 4.42. The highest BCUT2D eigenvalue weighted by Gasteiger charge is 2.08. The zero-order valence-corrected chi connectivity index (χ0v) is 10.7. The van der Waals surface area contributed by atoms with Crippen LogP contribution in [0.15, 0.2) is 42.7 Å². The topological polar surface area (TPSA) is 30.2 Å². The molecule has 0 radical (unpaired) electrons. The molecule has 0 bridgehead atoms. The normalized spacial score (nSPS) is 11.0. The Bertz CT molecular complexity index is 686. The number of hydrogen-bond donors (Lipinski definition) is 0. The summed E-state index contributed by atoms with van der Waals surface area (Å²) in [5.41, 5.74) is 4.12. The average Bonchev–Trinajstić information content (AvgIpc) is 2.85. The molecule has 1 aromatic carbocycles. The highest BCUT2D eigenvalue weighted by Crippen LogP contribution is 2.24. The Morgan fingerprint density at radius 3 is 2.67 bits per heavy atom. The molecule has 0 amide bonds. The summed E-state index contributed by atoms with van der Waals surface area (Å²) in [6.07, 6.45) is 4.71. The Morgan fingerprint density at radius 2 is 1.94 bits per heavy atom. The minimum atomic E-state index is 0.738. The Hall–Kier alpha value is -1.87. The summed E-state index contributed by atoms with van der Waals surface area (Å²) in [5.74, 6) is 0. The van der Waals surface area contributed by atoms with Crippen molar-refractivity contribution in [3.8, 4) is 11.3 Å². The van der Waals surface area contributed by atoms with E-state index >= 15 is 0 Å². The Morgan fingerprint density at radius 1 is 1.17 bits per heavy atom. The molecule has 0 N–H and O–H groups in total. The summed E-state index contributed by atoms with van der Waals surface area (Å²) >= 11 is 5.92. The number of fused-ring (bicyclic) bond motifs is 1. The SMILES string of the molecule is CCc1cn2nccc2nc1-c1ccc(Cl)cc1. The van der Waals surface area contributed by atoms with Crippen molar-refractivity contribution in [3.63, 3.8) is 0 Å². The van der Waals surface area contributed by atoms with Gasteiger partial charge in [0.1, 0.15) is 0 Å². The van der Waals surface area contributed by atoms with E-state index in [1.54, 1.807) is 10.7 Å². The van der Waals surface area contributed by atoms with Crippen LogP contribution in [-0.2, 0) is 6.42 Å². The second-order valence-corrected chi connectivity index (χ2v) is 4.55. The van der Waals surface area contributed by atoms with Gasteiger partial charge in [0.25, 0.3) is 0 Å². The Kier molecular flexibility index (Phi) is 2.76. The second-order valence-electron chi connectivity index (χ2n) is 4.11. The fourth-order valence-electron chi connectivity index (χ4n) is 2.01. The standard InChI is InChI=1S/C14H12ClN3/c1-2-10-9-18-13(7-8-16-18)17-14(10)11-3-5-12(15)6-4-11/h3-9H,2H2,1H3. The maximum absolute atomic E-state index is 5.92. The first-order valence-corrected chi connectivity index (χ1v) is 6.25. The number of nitrogens with zero attached hydrogens (tertiary/aromatic N) is 3. The van der Waals surface area contributed by atoms with E-state index in [2.05, 4.69) is 17.0 Å². The fraction of sp³-hybridized carbons (Fsp3) is 0.143. The van der Waals surface area contributed by atoms with Crippen molar-refractivity contribution < 1.29 is 0 Å². The Balaban J connectivity index is 2.22. The smallest absolute Gasteiger partial charge is 0.155 e. The number of rotatable bonds is 2. The van der Waals surface area contributed by atoms with Gasteiger partial charge in [-0.3, -0.25) is 0 Å². The molecule has 3 rings (SSSR count). The summed E-state index contributed by atoms with van der Waals surface area (Å²) in [6.45, 7) is 2.12. The number of benzene rings is 1. The van der Waals surface area contributed by atoms with Gasteiger partial charge in [-0.05, 0) is 24.1 Å². The van der Waals surface area contributed by atoms with E-state index < -0.39 is 0 Å². The monoisotopic (exact) mass is 257 g/mol. The van der Waals surface area contributed by atoms with Crippen LogP contribution in [0.5, 0.6) is 0 Å². The first-order chi connectivity index (χ1) is 8.78. The third-order valence-corrected chi connectivity index (χ3v) is 3.21. The van der Waals surface area contributed by atoms with Crippen molar-refractivity contribution in [2.24, 2.45) is 0 Å². The van der Waals surface area contributed by atoms with Crippen LogP contribution in [-0.4, -0.2) is 14.6 Å². The molecule has 18 heavy (non-hydrogen) atoms. The van der Waals surface area contributed by atoms with Crippen LogP contribution >= 0.6 is 11.6 Å². The highest BCUT2D eigenvalue weighted by atomic mass is 35.5. The van der Waals surface area contributed by atoms with Gasteiger partial charge in [0.15, 0.2) is 5.65 Å². The number of aromatic nitrogens is 3. The van der Waals surface area contributed by atoms with Gasteiger partial charge in [-0.2, -0.15) is 5.10 Å². The first kappa shape index (κ1) is 11.2. The van der Waals surface area contributed by atoms with Gasteiger partial charge < -0.3 is 0 Å². The van der Waals surface area contributed by atoms with Crippen LogP contribution in [0.2, 0.25) is 5.02 Å². The van der Waals surface area contributed by atoms with Crippen molar-refractivity contribution in [2.45, 2.75) is 13.3 Å². The molecule has 3 nitrogen and oxygen atoms in total. The van der Waals surface area contributed by atoms with Gasteiger partial charge in [-0.25, -0.2) is 9.50 Å². The molecule has 0 aliphatic rings. The third kappa shape index (κ3) is 1.87. The van der Waals surface area contributed by atoms with Crippen molar-refractivity contribution in [3.05, 3.63) is 53.3 Å². The van der Waals surface area contributed by atoms with E-state index in [9.17, 15) is 0 Å². The van der Waals surface area contributed by atoms with Gasteiger partial charge in [0.05, 0.1) is 11.9 Å². The quantitative estimate of drug-likeness (QED) is 0.702. The molecular formula is C14H12ClN3. The lowest BCUT2D eigenvalue weighted by Crippen LogP contribution is -1.98. The predicted molar refractivity (Wildman–Crippen MR) is 72.8 cm³/mol. The van der Waals surface area contributed by atoms with Crippen LogP contribution in [0.3, 0.4) is 0 Å². The molecule has 0 saturated carbocycles. The highest BCUT2D eigenvalue weighted by molar-refractivity contribution is 6.30. The third-order valence-electron chi connectivity index (χ3n) is 2.96. The number of hydrogen-bond acceptors (Lipinski definition) is 2. The van der Waals surface area contributed by atoms with E-state index in [-0.39, 0.29) is 0 Å². The Labute approximate surface area is 110 Å². The summed E-state index contributed by atoms with van der Waals surface area (Å²) in [6, 6.07) is 9.67. The molecule has 4 heteroatoms. The summed E-state index contributed by atoms with van der Waals surface area (Å²) in [4.78, 5) is 4.66. The van der Waals surface area contributed by atoms with Crippen molar-refractivity contribution >= 4 is 17.2 Å². The minimum absolute atomic E-state index is 0.738. The van der Waals surface area contributed by atoms with Gasteiger partial charge in [0.2, 0.25) is 0 Å². The summed E-state index contributed by atoms with van der Waals surface area (Å²) in [5, 5.41) is 4.95. The van der Waals surface area contributed by atoms with Crippen LogP contribution in [0.25, 0.3) is 16.9 Å². The van der Waals surface area contributed by atoms with E-state index in [1.807, 2.05) is 36.5 Å². The molecule has 3 aromatic rings. The van der Waals surface area contributed by atoms with Crippen molar-refractivity contribution in [1.82, 2.24) is 14.6 Å². The van der Waals surface area contributed by atoms with Crippen molar-refractivity contribution in [2.75, 3.05) is 0 Å². The zero-order valence-electron chi connectivity index (χ0n) is 9.97. The molecule has 90 valence electrons. The van der Waals surface area contributed by atoms with Crippen LogP contribution in [0.1, 0.15) is 12.5 Å². The van der Waals surface area contributed by atoms with E-state index in [4.69, 9.17) is 11.6 Å². The maximum atomic E-state index is 5.92. The first-order valence-electron chi connectivity index (χ1n) is 5.87. The van der Waals surface area contributed by atoms with Crippen LogP contribution in [0.4, 0.5) is 0 Å². The number of halogens is 1. The van der Waals surface area contributed by atoms with E-state index in [0.29, 0.717) is 0 Å². The molecule has 2 aromatic heterocycles. The minimum Gasteiger partial charge on any atom is -0.228 e. The van der Waals surface area contributed by atoms with E-state index in [1.165, 1.54) is 5.56 Å². The van der Waals surface area contributed by atoms with Gasteiger partial charge >= 0.3 is 0 Å². The molecule has 0 aliphatic heterocycles. The summed E-state index contributed by atoms with van der Waals surface area (Å²) < 4.78 is 1.80. The molecule has 0 atom stereocenters. The van der Waals surface area contributed by atoms with Gasteiger partial charge in [-0.1, -0.05) is 30.7 Å². The molecule has 0 unspecified atom stereocenters. The zero-order chi connectivity index (χ0) is 12.5. The lowest BCUT2D eigenvalue weighted by molar-refractivity contribution is 0.913. The fourth-order valence-corrected chi connectivity index (χ4v) is 2.13. The average molecular weight is 258 g/mol. The molecule has 0 aliphatic carbocycles. The van der Waals surface area contributed by atoms with Gasteiger partial charge in [0, 0.05) is 22.8 Å². The van der Waals surface area contributed by atoms with Crippen LogP contribution < -0.4 is 0 Å². The maximum Gasteiger partial charge on any atom is 0.155 e. The van der Waals surface area contributed by atoms with Crippen LogP contribution in [0, 0.1) is 0 Å². The van der Waals surface area contributed by atoms with Gasteiger partial charge in [-0.15, -0.1) is 0 Å². The molecule has 0 spiro atoms. The molecular weight excluding hydrogens is 246 g/mol. The largest absolute Gasteiger partial charge is 0.228 e. The number of aryl methyl sites for hydroxylation is 1. The lowest BCUT2D eigenvalue weighted by Gasteiger charge is -2.08. The molecule has 2 heterocycles. The van der Waals surface area contributed by atoms with E-state index in [0.717, 1.165) is 28.3 Å². The molecule has 0 fully saturated rings. The predicted octanol–water partition coefficient (Wildman–Crippen LogP) is 3.61. The van der Waals surface area contributed by atoms with Crippen molar-refractivity contribution in [1.29, 1.82) is 0 Å². The summed E-state index contributed by atoms with van der Waals surface area (Å²) in [7, 11) is 0. The molecule has 0 saturated heterocycles.